The summed E-state index contributed by atoms with van der Waals surface area (Å²) in [7, 11) is 1.71. The molecule has 0 aliphatic heterocycles. The Kier molecular flexibility index (Phi) is 25.2. The maximum atomic E-state index is 5.86. The third-order valence-electron chi connectivity index (χ3n) is 21.4. The van der Waals surface area contributed by atoms with Gasteiger partial charge in [-0.2, -0.15) is 0 Å². The third kappa shape index (κ3) is 17.3. The van der Waals surface area contributed by atoms with Gasteiger partial charge in [0.2, 0.25) is 0 Å². The summed E-state index contributed by atoms with van der Waals surface area (Å²) in [5, 5.41) is 11.9. The van der Waals surface area contributed by atoms with Gasteiger partial charge in [0.1, 0.15) is 22.5 Å². The Morgan fingerprint density at radius 2 is 0.827 bits per heavy atom. The zero-order valence-electron chi connectivity index (χ0n) is 63.1. The summed E-state index contributed by atoms with van der Waals surface area (Å²) in [6, 6.07) is 68.7. The number of ether oxygens (including phenoxy) is 1. The molecule has 10 heteroatoms. The summed E-state index contributed by atoms with van der Waals surface area (Å²) in [6.07, 6.45) is 24.7. The van der Waals surface area contributed by atoms with Crippen molar-refractivity contribution in [1.82, 2.24) is 25.0 Å². The summed E-state index contributed by atoms with van der Waals surface area (Å²) in [6.45, 7) is 22.4. The fourth-order valence-corrected chi connectivity index (χ4v) is 16.7. The Hall–Kier alpha value is -7.08. The highest BCUT2D eigenvalue weighted by molar-refractivity contribution is 9.11. The first-order valence-electron chi connectivity index (χ1n) is 38.5. The normalized spacial score (nSPS) is 12.6. The van der Waals surface area contributed by atoms with Crippen molar-refractivity contribution in [2.24, 2.45) is 0 Å². The van der Waals surface area contributed by atoms with Crippen LogP contribution in [0.2, 0.25) is 0 Å². The van der Waals surface area contributed by atoms with Crippen molar-refractivity contribution in [2.45, 2.75) is 214 Å². The van der Waals surface area contributed by atoms with Crippen molar-refractivity contribution in [1.29, 1.82) is 0 Å². The van der Waals surface area contributed by atoms with E-state index in [9.17, 15) is 0 Å². The Morgan fingerprint density at radius 1 is 0.385 bits per heavy atom. The second kappa shape index (κ2) is 34.2. The molecule has 0 radical (unpaired) electrons. The molecule has 1 aliphatic rings. The molecule has 0 N–H and O–H groups in total. The topological polar surface area (TPSA) is 65.7 Å². The third-order valence-corrected chi connectivity index (χ3v) is 23.7. The lowest BCUT2D eigenvalue weighted by Gasteiger charge is -2.33. The van der Waals surface area contributed by atoms with Crippen LogP contribution in [0, 0.1) is 0 Å². The number of aromatic nitrogens is 5. The fraction of sp³-hybridized carbons (Fsp3) is 0.362. The number of hydrogen-bond acceptors (Lipinski definition) is 5. The van der Waals surface area contributed by atoms with Gasteiger partial charge in [-0.05, 0) is 238 Å². The second-order valence-electron chi connectivity index (χ2n) is 31.0. The first kappa shape index (κ1) is 76.6. The van der Waals surface area contributed by atoms with Crippen molar-refractivity contribution in [3.8, 4) is 78.5 Å². The number of benzene rings is 9. The van der Waals surface area contributed by atoms with Crippen molar-refractivity contribution < 1.29 is 4.74 Å². The molecule has 3 heterocycles. The highest BCUT2D eigenvalue weighted by atomic mass is 79.9. The monoisotopic (exact) mass is 1630 g/mol. The molecule has 12 aromatic rings. The molecule has 6 nitrogen and oxygen atoms in total. The second-order valence-corrected chi connectivity index (χ2v) is 34.6. The largest absolute Gasteiger partial charge is 0.494 e. The molecule has 9 aromatic carbocycles. The molecule has 0 fully saturated rings. The summed E-state index contributed by atoms with van der Waals surface area (Å²) in [4.78, 5) is 12.7. The number of pyridine rings is 2. The van der Waals surface area contributed by atoms with E-state index in [4.69, 9.17) is 24.9 Å². The van der Waals surface area contributed by atoms with E-state index in [1.807, 2.05) is 12.1 Å². The van der Waals surface area contributed by atoms with Crippen LogP contribution in [-0.2, 0) is 29.1 Å². The standard InChI is InChI=1S/C73H78Br2N2.C21H25Br2N3O/c1-5-9-13-15-17-19-43-73(44-20-18-16-14-10-6-2)67-46-58(57-36-42-69-65(45-57)62(53-27-23-51(24-28-53)21-11-7-3)48-70(76-69)55-31-37-59(74)38-32-55)35-41-61(67)64-47-66-63(54-29-25-52(26-30-54)22-12-8-4)49-71(77-72(66)50-68(64)73)56-33-39-60(75)40-34-56;1-20(2,3)12-10-13(21(4,5)6)19(27-7)16(11-12)26-24-17-14(22)8-9-15(23)18(17)25-26/h23-42,45-50H,5-22,43-44H2,1-4H3;8-11H,1-7H3. The van der Waals surface area contributed by atoms with Crippen molar-refractivity contribution >= 4 is 96.6 Å². The van der Waals surface area contributed by atoms with Crippen LogP contribution in [0.25, 0.3) is 106 Å². The number of rotatable bonds is 27. The summed E-state index contributed by atoms with van der Waals surface area (Å²) in [5.74, 6) is 0.808. The molecule has 0 spiro atoms. The van der Waals surface area contributed by atoms with E-state index in [1.54, 1.807) is 11.9 Å². The van der Waals surface area contributed by atoms with E-state index < -0.39 is 0 Å². The number of nitrogens with zero attached hydrogens (tertiary/aromatic N) is 5. The first-order chi connectivity index (χ1) is 50.2. The smallest absolute Gasteiger partial charge is 0.150 e. The van der Waals surface area contributed by atoms with E-state index in [1.165, 1.54) is 186 Å². The number of methoxy groups -OCH3 is 1. The summed E-state index contributed by atoms with van der Waals surface area (Å²) >= 11 is 14.5. The molecule has 0 saturated carbocycles. The minimum atomic E-state index is -0.135. The van der Waals surface area contributed by atoms with E-state index in [-0.39, 0.29) is 16.2 Å². The summed E-state index contributed by atoms with van der Waals surface area (Å²) in [5.41, 5.74) is 27.0. The lowest BCUT2D eigenvalue weighted by atomic mass is 9.70. The maximum Gasteiger partial charge on any atom is 0.150 e. The molecular weight excluding hydrogens is 1530 g/mol. The van der Waals surface area contributed by atoms with Crippen LogP contribution in [0.1, 0.15) is 218 Å². The Bertz CT molecular complexity index is 4890. The highest BCUT2D eigenvalue weighted by Crippen LogP contribution is 2.57. The molecular formula is C94H103Br4N5O. The molecule has 0 saturated heterocycles. The fourth-order valence-electron chi connectivity index (χ4n) is 15.4. The van der Waals surface area contributed by atoms with Gasteiger partial charge in [-0.1, -0.05) is 288 Å². The van der Waals surface area contributed by atoms with Gasteiger partial charge in [0.25, 0.3) is 0 Å². The molecule has 104 heavy (non-hydrogen) atoms. The lowest BCUT2D eigenvalue weighted by molar-refractivity contribution is 0.392. The van der Waals surface area contributed by atoms with Gasteiger partial charge >= 0.3 is 0 Å². The molecule has 13 rings (SSSR count). The van der Waals surface area contributed by atoms with Crippen LogP contribution >= 0.6 is 63.7 Å². The van der Waals surface area contributed by atoms with Gasteiger partial charge < -0.3 is 4.74 Å². The number of aryl methyl sites for hydroxylation is 2. The van der Waals surface area contributed by atoms with Crippen LogP contribution in [-0.4, -0.2) is 32.1 Å². The van der Waals surface area contributed by atoms with Gasteiger partial charge in [0.05, 0.1) is 29.5 Å². The zero-order chi connectivity index (χ0) is 73.3. The van der Waals surface area contributed by atoms with Gasteiger partial charge in [0.15, 0.2) is 0 Å². The van der Waals surface area contributed by atoms with E-state index in [0.29, 0.717) is 0 Å². The average molecular weight is 1640 g/mol. The van der Waals surface area contributed by atoms with E-state index in [2.05, 4.69) is 303 Å². The summed E-state index contributed by atoms with van der Waals surface area (Å²) < 4.78 is 9.82. The van der Waals surface area contributed by atoms with Crippen molar-refractivity contribution in [3.63, 3.8) is 0 Å². The molecule has 0 unspecified atom stereocenters. The number of hydrogen-bond donors (Lipinski definition) is 0. The van der Waals surface area contributed by atoms with Gasteiger partial charge in [0, 0.05) is 50.8 Å². The number of fused-ring (bicyclic) bond motifs is 6. The SMILES string of the molecule is CCCCCCCCC1(CCCCCCCC)c2cc(-c3ccc4nc(-c5ccc(Br)cc5)cc(-c5ccc(CCCC)cc5)c4c3)ccc2-c2cc3c(-c4ccc(CCCC)cc4)cc(-c4ccc(Br)cc4)nc3cc21.COc1c(-n2nc3c(Br)ccc(Br)c3n2)cc(C(C)(C)C)cc1C(C)(C)C. The molecule has 0 bridgehead atoms. The zero-order valence-corrected chi connectivity index (χ0v) is 69.5. The molecule has 0 atom stereocenters. The Balaban J connectivity index is 0.000000315. The van der Waals surface area contributed by atoms with Crippen LogP contribution in [0.15, 0.2) is 200 Å². The van der Waals surface area contributed by atoms with E-state index in [0.717, 1.165) is 105 Å². The highest BCUT2D eigenvalue weighted by Gasteiger charge is 2.43. The number of halogens is 4. The molecule has 1 aliphatic carbocycles. The van der Waals surface area contributed by atoms with Crippen LogP contribution < -0.4 is 4.74 Å². The Morgan fingerprint density at radius 3 is 1.32 bits per heavy atom. The van der Waals surface area contributed by atoms with Gasteiger partial charge in [-0.3, -0.25) is 0 Å². The lowest BCUT2D eigenvalue weighted by Crippen LogP contribution is -2.25. The van der Waals surface area contributed by atoms with Crippen LogP contribution in [0.3, 0.4) is 0 Å². The van der Waals surface area contributed by atoms with Crippen molar-refractivity contribution in [2.75, 3.05) is 7.11 Å². The predicted octanol–water partition coefficient (Wildman–Crippen LogP) is 29.6. The van der Waals surface area contributed by atoms with Crippen LogP contribution in [0.5, 0.6) is 5.75 Å². The quantitative estimate of drug-likeness (QED) is 0.0480. The van der Waals surface area contributed by atoms with Crippen LogP contribution in [0.4, 0.5) is 0 Å². The number of unbranched alkanes of at least 4 members (excludes halogenated alkanes) is 12. The molecule has 0 amide bonds. The van der Waals surface area contributed by atoms with Gasteiger partial charge in [-0.15, -0.1) is 15.0 Å². The van der Waals surface area contributed by atoms with Gasteiger partial charge in [-0.25, -0.2) is 9.97 Å². The van der Waals surface area contributed by atoms with E-state index >= 15 is 0 Å². The molecule has 3 aromatic heterocycles. The Labute approximate surface area is 653 Å². The predicted molar refractivity (Wildman–Crippen MR) is 457 cm³/mol. The molecule has 538 valence electrons. The van der Waals surface area contributed by atoms with Crippen molar-refractivity contribution in [3.05, 3.63) is 233 Å². The first-order valence-corrected chi connectivity index (χ1v) is 41.6. The minimum Gasteiger partial charge on any atom is -0.494 e. The maximum absolute atomic E-state index is 5.86. The minimum absolute atomic E-state index is 0.00519. The average Bonchev–Trinajstić information content (AvgIpc) is 1.54.